The molecule has 0 unspecified atom stereocenters. The van der Waals surface area contributed by atoms with Crippen LogP contribution in [-0.2, 0) is 4.74 Å². The van der Waals surface area contributed by atoms with E-state index in [0.29, 0.717) is 0 Å². The van der Waals surface area contributed by atoms with Gasteiger partial charge in [0.2, 0.25) is 0 Å². The van der Waals surface area contributed by atoms with Crippen molar-refractivity contribution >= 4 is 0 Å². The van der Waals surface area contributed by atoms with Crippen molar-refractivity contribution in [3.63, 3.8) is 0 Å². The van der Waals surface area contributed by atoms with Gasteiger partial charge in [-0.1, -0.05) is 0 Å². The molecule has 3 nitrogen and oxygen atoms in total. The molecule has 2 heterocycles. The van der Waals surface area contributed by atoms with Gasteiger partial charge in [-0.25, -0.2) is 0 Å². The molecule has 0 aromatic carbocycles. The summed E-state index contributed by atoms with van der Waals surface area (Å²) in [6.45, 7) is 3.75. The zero-order valence-electron chi connectivity index (χ0n) is 8.23. The summed E-state index contributed by atoms with van der Waals surface area (Å²) in [7, 11) is 0. The number of aliphatic hydroxyl groups is 2. The second-order valence-corrected chi connectivity index (χ2v) is 4.82. The first kappa shape index (κ1) is 9.44. The number of fused-ring (bicyclic) bond motifs is 2. The molecule has 0 radical (unpaired) electrons. The first-order valence-corrected chi connectivity index (χ1v) is 5.02. The Morgan fingerprint density at radius 2 is 1.92 bits per heavy atom. The van der Waals surface area contributed by atoms with E-state index < -0.39 is 5.60 Å². The lowest BCUT2D eigenvalue weighted by atomic mass is 9.72. The molecule has 0 amide bonds. The number of aliphatic hydroxyl groups excluding tert-OH is 1. The van der Waals surface area contributed by atoms with E-state index in [1.165, 1.54) is 0 Å². The molecule has 2 rings (SSSR count). The Bertz CT molecular complexity index is 197. The molecule has 13 heavy (non-hydrogen) atoms. The predicted molar refractivity (Wildman–Crippen MR) is 48.3 cm³/mol. The summed E-state index contributed by atoms with van der Waals surface area (Å²) in [4.78, 5) is 0. The highest BCUT2D eigenvalue weighted by Gasteiger charge is 2.53. The van der Waals surface area contributed by atoms with E-state index in [0.717, 1.165) is 12.8 Å². The van der Waals surface area contributed by atoms with Crippen LogP contribution < -0.4 is 0 Å². The van der Waals surface area contributed by atoms with Crippen LogP contribution in [0.4, 0.5) is 0 Å². The maximum absolute atomic E-state index is 9.95. The molecular weight excluding hydrogens is 168 g/mol. The fraction of sp³-hybridized carbons (Fsp3) is 1.00. The van der Waals surface area contributed by atoms with Crippen molar-refractivity contribution in [2.45, 2.75) is 44.5 Å². The molecular formula is C10H18O3. The van der Waals surface area contributed by atoms with Crippen LogP contribution in [0.2, 0.25) is 0 Å². The molecule has 0 saturated carbocycles. The van der Waals surface area contributed by atoms with Crippen LogP contribution in [-0.4, -0.2) is 34.6 Å². The van der Waals surface area contributed by atoms with Crippen molar-refractivity contribution in [1.82, 2.24) is 0 Å². The van der Waals surface area contributed by atoms with Crippen molar-refractivity contribution in [1.29, 1.82) is 0 Å². The topological polar surface area (TPSA) is 49.7 Å². The zero-order valence-corrected chi connectivity index (χ0v) is 8.23. The summed E-state index contributed by atoms with van der Waals surface area (Å²) < 4.78 is 5.69. The van der Waals surface area contributed by atoms with Crippen molar-refractivity contribution < 1.29 is 14.9 Å². The Balaban J connectivity index is 2.18. The second-order valence-electron chi connectivity index (χ2n) is 4.82. The third-order valence-corrected chi connectivity index (χ3v) is 3.45. The van der Waals surface area contributed by atoms with Crippen LogP contribution in [0.5, 0.6) is 0 Å². The van der Waals surface area contributed by atoms with Gasteiger partial charge in [-0.3, -0.25) is 0 Å². The molecule has 2 N–H and O–H groups in total. The largest absolute Gasteiger partial charge is 0.396 e. The summed E-state index contributed by atoms with van der Waals surface area (Å²) in [5, 5.41) is 19.2. The van der Waals surface area contributed by atoms with E-state index >= 15 is 0 Å². The number of hydrogen-bond acceptors (Lipinski definition) is 3. The second kappa shape index (κ2) is 2.94. The quantitative estimate of drug-likeness (QED) is 0.662. The SMILES string of the molecule is CC(C)(O)[C@H]1[C@@H](CO)[C@H]2CC[C@@H]1O2. The Labute approximate surface area is 78.7 Å². The molecule has 0 aromatic heterocycles. The molecule has 2 fully saturated rings. The van der Waals surface area contributed by atoms with Gasteiger partial charge in [0.25, 0.3) is 0 Å². The zero-order chi connectivity index (χ0) is 9.64. The van der Waals surface area contributed by atoms with Gasteiger partial charge in [-0.05, 0) is 26.7 Å². The maximum atomic E-state index is 9.95. The molecule has 0 aromatic rings. The fourth-order valence-electron chi connectivity index (χ4n) is 2.99. The van der Waals surface area contributed by atoms with Crippen LogP contribution in [0.15, 0.2) is 0 Å². The number of hydrogen-bond donors (Lipinski definition) is 2. The summed E-state index contributed by atoms with van der Waals surface area (Å²) >= 11 is 0. The standard InChI is InChI=1S/C10H18O3/c1-10(2,12)9-6(5-11)7-3-4-8(9)13-7/h6-9,11-12H,3-5H2,1-2H3/t6-,7+,8-,9-/m0/s1. The van der Waals surface area contributed by atoms with Crippen LogP contribution >= 0.6 is 0 Å². The Kier molecular flexibility index (Phi) is 2.13. The predicted octanol–water partition coefficient (Wildman–Crippen LogP) is 0.543. The molecule has 2 aliphatic heterocycles. The minimum Gasteiger partial charge on any atom is -0.396 e. The smallest absolute Gasteiger partial charge is 0.0649 e. The molecule has 2 aliphatic rings. The average Bonchev–Trinajstić information content (AvgIpc) is 2.59. The Morgan fingerprint density at radius 3 is 2.38 bits per heavy atom. The van der Waals surface area contributed by atoms with E-state index in [-0.39, 0.29) is 30.7 Å². The van der Waals surface area contributed by atoms with Gasteiger partial charge in [0.1, 0.15) is 0 Å². The van der Waals surface area contributed by atoms with Gasteiger partial charge in [0.15, 0.2) is 0 Å². The van der Waals surface area contributed by atoms with Crippen LogP contribution in [0.3, 0.4) is 0 Å². The van der Waals surface area contributed by atoms with Crippen LogP contribution in [0.1, 0.15) is 26.7 Å². The Morgan fingerprint density at radius 1 is 1.31 bits per heavy atom. The van der Waals surface area contributed by atoms with E-state index in [9.17, 15) is 10.2 Å². The van der Waals surface area contributed by atoms with E-state index in [4.69, 9.17) is 4.74 Å². The van der Waals surface area contributed by atoms with Crippen molar-refractivity contribution in [2.24, 2.45) is 11.8 Å². The van der Waals surface area contributed by atoms with Crippen molar-refractivity contribution in [2.75, 3.05) is 6.61 Å². The highest BCUT2D eigenvalue weighted by atomic mass is 16.5. The third-order valence-electron chi connectivity index (χ3n) is 3.45. The van der Waals surface area contributed by atoms with Gasteiger partial charge in [0, 0.05) is 18.4 Å². The van der Waals surface area contributed by atoms with Crippen molar-refractivity contribution in [3.8, 4) is 0 Å². The number of rotatable bonds is 2. The minimum absolute atomic E-state index is 0.108. The Hall–Kier alpha value is -0.120. The maximum Gasteiger partial charge on any atom is 0.0649 e. The first-order valence-electron chi connectivity index (χ1n) is 5.02. The van der Waals surface area contributed by atoms with E-state index in [1.54, 1.807) is 0 Å². The van der Waals surface area contributed by atoms with Gasteiger partial charge in [0.05, 0.1) is 17.8 Å². The average molecular weight is 186 g/mol. The van der Waals surface area contributed by atoms with Crippen molar-refractivity contribution in [3.05, 3.63) is 0 Å². The highest BCUT2D eigenvalue weighted by molar-refractivity contribution is 5.01. The van der Waals surface area contributed by atoms with E-state index in [1.807, 2.05) is 13.8 Å². The summed E-state index contributed by atoms with van der Waals surface area (Å²) in [5.41, 5.74) is -0.729. The lowest BCUT2D eigenvalue weighted by molar-refractivity contribution is -0.0359. The molecule has 2 saturated heterocycles. The highest BCUT2D eigenvalue weighted by Crippen LogP contribution is 2.47. The van der Waals surface area contributed by atoms with Gasteiger partial charge in [-0.15, -0.1) is 0 Å². The summed E-state index contributed by atoms with van der Waals surface area (Å²) in [5.74, 6) is 0.245. The van der Waals surface area contributed by atoms with E-state index in [2.05, 4.69) is 0 Å². The lowest BCUT2D eigenvalue weighted by Crippen LogP contribution is -2.44. The van der Waals surface area contributed by atoms with Crippen LogP contribution in [0, 0.1) is 11.8 Å². The summed E-state index contributed by atoms with van der Waals surface area (Å²) in [6.07, 6.45) is 2.44. The normalized spacial score (nSPS) is 44.3. The molecule has 3 heteroatoms. The molecule has 0 aliphatic carbocycles. The fourth-order valence-corrected chi connectivity index (χ4v) is 2.99. The minimum atomic E-state index is -0.729. The van der Waals surface area contributed by atoms with Crippen LogP contribution in [0.25, 0.3) is 0 Å². The van der Waals surface area contributed by atoms with Gasteiger partial charge < -0.3 is 14.9 Å². The molecule has 2 bridgehead atoms. The number of ether oxygens (including phenoxy) is 1. The third kappa shape index (κ3) is 1.39. The molecule has 4 atom stereocenters. The monoisotopic (exact) mass is 186 g/mol. The van der Waals surface area contributed by atoms with Gasteiger partial charge >= 0.3 is 0 Å². The lowest BCUT2D eigenvalue weighted by Gasteiger charge is -2.35. The molecule has 76 valence electrons. The van der Waals surface area contributed by atoms with Gasteiger partial charge in [-0.2, -0.15) is 0 Å². The molecule has 0 spiro atoms. The first-order chi connectivity index (χ1) is 6.04. The summed E-state index contributed by atoms with van der Waals surface area (Å²) in [6, 6.07) is 0.